The molecule has 1 amide bonds. The highest BCUT2D eigenvalue weighted by Gasteiger charge is 2.38. The minimum atomic E-state index is -5.07. The summed E-state index contributed by atoms with van der Waals surface area (Å²) in [6, 6.07) is 3.47. The Hall–Kier alpha value is -3.99. The SMILES string of the molecule is COCC(COC)N(C(=O)c1ccc(Cl)cn1)c1cc(F)c(Oc2ncc(CN3CCCC(F)(F)C3)cc2C(F)(F)F)cc1C(=O)O. The summed E-state index contributed by atoms with van der Waals surface area (Å²) in [7, 11) is 2.61. The second-order valence-corrected chi connectivity index (χ2v) is 11.1. The first-order valence-corrected chi connectivity index (χ1v) is 14.3. The van der Waals surface area contributed by atoms with E-state index in [0.717, 1.165) is 11.1 Å². The van der Waals surface area contributed by atoms with Gasteiger partial charge in [-0.15, -0.1) is 0 Å². The van der Waals surface area contributed by atoms with Crippen molar-refractivity contribution in [1.29, 1.82) is 0 Å². The lowest BCUT2D eigenvalue weighted by Gasteiger charge is -2.32. The maximum absolute atomic E-state index is 15.6. The molecule has 0 atom stereocenters. The van der Waals surface area contributed by atoms with Crippen LogP contribution in [0.1, 0.15) is 44.8 Å². The van der Waals surface area contributed by atoms with Crippen LogP contribution in [0.4, 0.5) is 32.0 Å². The number of aromatic nitrogens is 2. The molecule has 0 aliphatic carbocycles. The molecule has 0 radical (unpaired) electrons. The quantitative estimate of drug-likeness (QED) is 0.218. The van der Waals surface area contributed by atoms with Crippen LogP contribution in [0.3, 0.4) is 0 Å². The van der Waals surface area contributed by atoms with Gasteiger partial charge in [0.15, 0.2) is 11.6 Å². The van der Waals surface area contributed by atoms with Crippen LogP contribution in [0.2, 0.25) is 5.02 Å². The minimum Gasteiger partial charge on any atom is -0.478 e. The van der Waals surface area contributed by atoms with Gasteiger partial charge >= 0.3 is 12.1 Å². The molecule has 2 aromatic heterocycles. The molecule has 1 aliphatic heterocycles. The number of nitrogens with zero attached hydrogens (tertiary/aromatic N) is 4. The normalized spacial score (nSPS) is 15.1. The highest BCUT2D eigenvalue weighted by molar-refractivity contribution is 6.30. The first-order valence-electron chi connectivity index (χ1n) is 14.0. The predicted octanol–water partition coefficient (Wildman–Crippen LogP) is 6.32. The van der Waals surface area contributed by atoms with Crippen molar-refractivity contribution in [3.8, 4) is 11.6 Å². The van der Waals surface area contributed by atoms with Crippen LogP contribution in [-0.2, 0) is 22.2 Å². The largest absolute Gasteiger partial charge is 0.478 e. The molecule has 3 aromatic rings. The summed E-state index contributed by atoms with van der Waals surface area (Å²) in [5.41, 5.74) is -2.91. The van der Waals surface area contributed by atoms with E-state index in [-0.39, 0.29) is 55.4 Å². The number of carbonyl (C=O) groups excluding carboxylic acids is 1. The summed E-state index contributed by atoms with van der Waals surface area (Å²) in [5, 5.41) is 10.3. The highest BCUT2D eigenvalue weighted by Crippen LogP contribution is 2.40. The van der Waals surface area contributed by atoms with Crippen molar-refractivity contribution < 1.29 is 55.2 Å². The minimum absolute atomic E-state index is 0.0447. The summed E-state index contributed by atoms with van der Waals surface area (Å²) in [6.07, 6.45) is -3.09. The van der Waals surface area contributed by atoms with Crippen LogP contribution in [0, 0.1) is 5.82 Å². The summed E-state index contributed by atoms with van der Waals surface area (Å²) in [4.78, 5) is 35.9. The predicted molar refractivity (Wildman–Crippen MR) is 156 cm³/mol. The number of rotatable bonds is 12. The number of anilines is 1. The van der Waals surface area contributed by atoms with E-state index in [2.05, 4.69) is 9.97 Å². The van der Waals surface area contributed by atoms with Gasteiger partial charge in [0.05, 0.1) is 42.1 Å². The van der Waals surface area contributed by atoms with Gasteiger partial charge in [-0.2, -0.15) is 13.2 Å². The van der Waals surface area contributed by atoms with Gasteiger partial charge in [0.25, 0.3) is 11.8 Å². The number of ether oxygens (including phenoxy) is 3. The molecular formula is C30H29ClF6N4O6. The number of benzene rings is 1. The molecule has 1 fully saturated rings. The molecular weight excluding hydrogens is 662 g/mol. The molecule has 0 unspecified atom stereocenters. The monoisotopic (exact) mass is 690 g/mol. The number of aromatic carboxylic acids is 1. The van der Waals surface area contributed by atoms with Crippen molar-refractivity contribution in [2.45, 2.75) is 37.5 Å². The molecule has 0 saturated carbocycles. The third kappa shape index (κ3) is 8.88. The standard InChI is InChI=1S/C30H29ClF6N4O6/c1-45-14-19(15-46-2)41(27(42)23-5-4-18(31)12-38-23)24-10-22(32)25(9-20(24)28(43)44)47-26-21(30(35,36)37)8-17(11-39-26)13-40-7-3-6-29(33,34)16-40/h4-5,8-12,19H,3,6-7,13-16H2,1-2H3,(H,43,44). The third-order valence-corrected chi connectivity index (χ3v) is 7.31. The average Bonchev–Trinajstić information content (AvgIpc) is 2.98. The number of methoxy groups -OCH3 is 2. The molecule has 47 heavy (non-hydrogen) atoms. The van der Waals surface area contributed by atoms with Gasteiger partial charge in [-0.05, 0) is 36.7 Å². The smallest absolute Gasteiger partial charge is 0.421 e. The summed E-state index contributed by atoms with van der Waals surface area (Å²) < 4.78 is 101. The van der Waals surface area contributed by atoms with E-state index >= 15 is 4.39 Å². The van der Waals surface area contributed by atoms with E-state index in [1.54, 1.807) is 0 Å². The van der Waals surface area contributed by atoms with E-state index in [1.165, 1.54) is 37.4 Å². The van der Waals surface area contributed by atoms with Crippen molar-refractivity contribution in [3.63, 3.8) is 0 Å². The number of halogens is 7. The van der Waals surface area contributed by atoms with Crippen LogP contribution < -0.4 is 9.64 Å². The Morgan fingerprint density at radius 2 is 1.81 bits per heavy atom. The Bertz CT molecular complexity index is 1590. The zero-order valence-electron chi connectivity index (χ0n) is 25.0. The topological polar surface area (TPSA) is 114 Å². The number of piperidine rings is 1. The van der Waals surface area contributed by atoms with Gasteiger partial charge in [0.2, 0.25) is 5.88 Å². The summed E-state index contributed by atoms with van der Waals surface area (Å²) >= 11 is 5.87. The lowest BCUT2D eigenvalue weighted by Crippen LogP contribution is -2.46. The Morgan fingerprint density at radius 3 is 2.38 bits per heavy atom. The zero-order valence-corrected chi connectivity index (χ0v) is 25.7. The molecule has 17 heteroatoms. The average molecular weight is 691 g/mol. The maximum atomic E-state index is 15.6. The van der Waals surface area contributed by atoms with Crippen LogP contribution >= 0.6 is 11.6 Å². The number of amides is 1. The lowest BCUT2D eigenvalue weighted by atomic mass is 10.1. The molecule has 1 saturated heterocycles. The Balaban J connectivity index is 1.75. The highest BCUT2D eigenvalue weighted by atomic mass is 35.5. The number of pyridine rings is 2. The van der Waals surface area contributed by atoms with Crippen LogP contribution in [0.25, 0.3) is 0 Å². The Morgan fingerprint density at radius 1 is 1.11 bits per heavy atom. The molecule has 1 N–H and O–H groups in total. The number of likely N-dealkylation sites (tertiary alicyclic amines) is 1. The third-order valence-electron chi connectivity index (χ3n) is 7.09. The van der Waals surface area contributed by atoms with Gasteiger partial charge in [-0.25, -0.2) is 27.9 Å². The fourth-order valence-corrected chi connectivity index (χ4v) is 5.19. The number of hydrogen-bond acceptors (Lipinski definition) is 8. The van der Waals surface area contributed by atoms with Crippen LogP contribution in [0.5, 0.6) is 11.6 Å². The molecule has 1 aliphatic rings. The number of alkyl halides is 5. The second-order valence-electron chi connectivity index (χ2n) is 10.7. The van der Waals surface area contributed by atoms with E-state index in [0.29, 0.717) is 18.2 Å². The van der Waals surface area contributed by atoms with Crippen LogP contribution in [0.15, 0.2) is 42.7 Å². The number of hydrogen-bond donors (Lipinski definition) is 1. The Kier molecular flexibility index (Phi) is 11.3. The first kappa shape index (κ1) is 35.9. The summed E-state index contributed by atoms with van der Waals surface area (Å²) in [6.45, 7) is -1.05. The second kappa shape index (κ2) is 14.8. The summed E-state index contributed by atoms with van der Waals surface area (Å²) in [5.74, 6) is -8.94. The maximum Gasteiger partial charge on any atom is 0.421 e. The molecule has 0 bridgehead atoms. The van der Waals surface area contributed by atoms with E-state index in [1.807, 2.05) is 0 Å². The number of carbonyl (C=O) groups is 2. The van der Waals surface area contributed by atoms with Crippen molar-refractivity contribution in [1.82, 2.24) is 14.9 Å². The van der Waals surface area contributed by atoms with Gasteiger partial charge in [-0.1, -0.05) is 11.6 Å². The van der Waals surface area contributed by atoms with Crippen LogP contribution in [-0.4, -0.2) is 84.3 Å². The molecule has 1 aromatic carbocycles. The van der Waals surface area contributed by atoms with Crippen molar-refractivity contribution >= 4 is 29.2 Å². The van der Waals surface area contributed by atoms with Crippen molar-refractivity contribution in [2.75, 3.05) is 45.4 Å². The van der Waals surface area contributed by atoms with Gasteiger partial charge in [0, 0.05) is 51.7 Å². The van der Waals surface area contributed by atoms with E-state index in [9.17, 15) is 36.6 Å². The molecule has 3 heterocycles. The fraction of sp³-hybridized carbons (Fsp3) is 0.400. The molecule has 4 rings (SSSR count). The van der Waals surface area contributed by atoms with Crippen molar-refractivity contribution in [3.05, 3.63) is 75.9 Å². The molecule has 0 spiro atoms. The van der Waals surface area contributed by atoms with Gasteiger partial charge < -0.3 is 19.3 Å². The zero-order chi connectivity index (χ0) is 34.5. The Labute approximate surface area is 269 Å². The lowest BCUT2D eigenvalue weighted by molar-refractivity contribution is -0.139. The van der Waals surface area contributed by atoms with E-state index in [4.69, 9.17) is 25.8 Å². The van der Waals surface area contributed by atoms with E-state index < -0.39 is 70.8 Å². The van der Waals surface area contributed by atoms with Gasteiger partial charge in [-0.3, -0.25) is 14.6 Å². The molecule has 254 valence electrons. The van der Waals surface area contributed by atoms with Crippen molar-refractivity contribution in [2.24, 2.45) is 0 Å². The fourth-order valence-electron chi connectivity index (χ4n) is 5.08. The number of carboxylic acids is 1. The number of carboxylic acid groups (broad SMARTS) is 1. The molecule has 10 nitrogen and oxygen atoms in total. The van der Waals surface area contributed by atoms with Gasteiger partial charge in [0.1, 0.15) is 11.3 Å². The first-order chi connectivity index (χ1) is 22.1.